The number of benzene rings is 4. The molecule has 4 aromatic carbocycles. The lowest BCUT2D eigenvalue weighted by Gasteiger charge is -2.19. The largest absolute Gasteiger partial charge is 0.418 e. The van der Waals surface area contributed by atoms with Crippen molar-refractivity contribution in [2.75, 3.05) is 5.32 Å². The molecule has 5 N–H and O–H groups in total. The smallest absolute Gasteiger partial charge is 0.360 e. The summed E-state index contributed by atoms with van der Waals surface area (Å²) < 4.78 is 81.6. The van der Waals surface area contributed by atoms with E-state index in [1.807, 2.05) is 6.92 Å². The van der Waals surface area contributed by atoms with E-state index in [0.717, 1.165) is 22.3 Å². The van der Waals surface area contributed by atoms with Gasteiger partial charge in [0.2, 0.25) is 0 Å². The number of halogens is 9. The van der Waals surface area contributed by atoms with Crippen LogP contribution in [0.25, 0.3) is 66.9 Å². The number of hydrogen-bond donors (Lipinski definition) is 4. The zero-order chi connectivity index (χ0) is 47.6. The second-order valence-corrected chi connectivity index (χ2v) is 16.0. The van der Waals surface area contributed by atoms with Gasteiger partial charge in [-0.3, -0.25) is 0 Å². The number of imidazole rings is 2. The summed E-state index contributed by atoms with van der Waals surface area (Å²) in [5.41, 5.74) is 8.96. The molecule has 0 fully saturated rings. The van der Waals surface area contributed by atoms with Gasteiger partial charge in [-0.1, -0.05) is 71.7 Å². The summed E-state index contributed by atoms with van der Waals surface area (Å²) in [4.78, 5) is 47.7. The van der Waals surface area contributed by atoms with Crippen LogP contribution < -0.4 is 11.1 Å². The first-order chi connectivity index (χ1) is 32.0. The molecule has 2 atom stereocenters. The molecule has 2 unspecified atom stereocenters. The maximum atomic E-state index is 13.7. The number of nitrogens with one attached hydrogen (secondary N) is 3. The molecular weight excluding hydrogens is 989 g/mol. The standard InChI is InChI=1S/C22H15ClF3N7.C17H13ClF3N3.C5H3BrN4/c1-11(31-21-19-20(28-9-27-19)29-10-30-21)16-17(12-5-2-3-7-14(12)23)33-18-13(22(24,25)26)6-4-8-15(18)32-16;1-9(22)14-15(10-5-2-3-7-12(10)18)24-16-11(17(19,20)21)6-4-8-13(16)23-14;6-4-3-5(9-1-7-3)10-2-8-4/h2-11H,1H3,(H2,27,28,29,30,31);2-9H,22H2,1H3;1-2H,(H,7,8,9,10). The van der Waals surface area contributed by atoms with E-state index in [2.05, 4.69) is 81.1 Å². The van der Waals surface area contributed by atoms with Gasteiger partial charge in [0.1, 0.15) is 39.3 Å². The zero-order valence-corrected chi connectivity index (χ0v) is 37.6. The van der Waals surface area contributed by atoms with Crippen LogP contribution >= 0.6 is 39.1 Å². The Morgan fingerprint density at radius 3 is 1.57 bits per heavy atom. The van der Waals surface area contributed by atoms with Gasteiger partial charge in [0, 0.05) is 17.2 Å². The van der Waals surface area contributed by atoms with Crippen molar-refractivity contribution in [2.45, 2.75) is 38.3 Å². The molecule has 0 amide bonds. The molecule has 0 radical (unpaired) electrons. The van der Waals surface area contributed by atoms with Crippen molar-refractivity contribution in [3.05, 3.63) is 147 Å². The topological polar surface area (TPSA) is 199 Å². The molecule has 0 bridgehead atoms. The molecule has 10 aromatic rings. The van der Waals surface area contributed by atoms with Gasteiger partial charge in [0.05, 0.1) is 73.7 Å². The molecule has 0 saturated heterocycles. The third kappa shape index (κ3) is 9.94. The lowest BCUT2D eigenvalue weighted by atomic mass is 10.0. The number of rotatable bonds is 6. The number of fused-ring (bicyclic) bond motifs is 4. The maximum Gasteiger partial charge on any atom is 0.418 e. The van der Waals surface area contributed by atoms with Crippen LogP contribution in [0.2, 0.25) is 10.0 Å². The van der Waals surface area contributed by atoms with Crippen molar-refractivity contribution in [1.29, 1.82) is 0 Å². The van der Waals surface area contributed by atoms with Gasteiger partial charge in [-0.2, -0.15) is 26.3 Å². The Hall–Kier alpha value is -6.94. The van der Waals surface area contributed by atoms with Crippen LogP contribution in [0.15, 0.2) is 115 Å². The molecule has 0 saturated carbocycles. The van der Waals surface area contributed by atoms with Crippen molar-refractivity contribution in [3.8, 4) is 22.5 Å². The lowest BCUT2D eigenvalue weighted by molar-refractivity contribution is -0.137. The molecule has 23 heteroatoms. The van der Waals surface area contributed by atoms with Crippen LogP contribution in [0.1, 0.15) is 48.4 Å². The Kier molecular flexibility index (Phi) is 13.3. The van der Waals surface area contributed by atoms with E-state index in [-0.39, 0.29) is 33.5 Å². The van der Waals surface area contributed by atoms with Crippen LogP contribution in [-0.4, -0.2) is 59.8 Å². The van der Waals surface area contributed by atoms with Gasteiger partial charge < -0.3 is 21.0 Å². The fourth-order valence-electron chi connectivity index (χ4n) is 6.84. The number of aromatic nitrogens is 12. The predicted molar refractivity (Wildman–Crippen MR) is 246 cm³/mol. The molecule has 340 valence electrons. The first kappa shape index (κ1) is 46.6. The summed E-state index contributed by atoms with van der Waals surface area (Å²) in [5, 5.41) is 3.96. The van der Waals surface area contributed by atoms with E-state index >= 15 is 0 Å². The van der Waals surface area contributed by atoms with Crippen molar-refractivity contribution in [2.24, 2.45) is 5.73 Å². The monoisotopic (exact) mass is 1020 g/mol. The molecule has 6 aromatic heterocycles. The summed E-state index contributed by atoms with van der Waals surface area (Å²) >= 11 is 15.8. The van der Waals surface area contributed by atoms with Crippen molar-refractivity contribution in [3.63, 3.8) is 0 Å². The van der Waals surface area contributed by atoms with E-state index in [1.165, 1.54) is 43.2 Å². The Morgan fingerprint density at radius 2 is 1.06 bits per heavy atom. The number of nitrogens with zero attached hydrogens (tertiary/aromatic N) is 10. The summed E-state index contributed by atoms with van der Waals surface area (Å²) in [7, 11) is 0. The summed E-state index contributed by atoms with van der Waals surface area (Å²) in [6.07, 6.45) is -3.18. The van der Waals surface area contributed by atoms with E-state index in [0.29, 0.717) is 55.2 Å². The third-order valence-corrected chi connectivity index (χ3v) is 11.2. The van der Waals surface area contributed by atoms with Gasteiger partial charge in [0.25, 0.3) is 0 Å². The predicted octanol–water partition coefficient (Wildman–Crippen LogP) is 11.9. The summed E-state index contributed by atoms with van der Waals surface area (Å²) in [6, 6.07) is 20.2. The number of alkyl halides is 6. The Labute approximate surface area is 393 Å². The highest BCUT2D eigenvalue weighted by Gasteiger charge is 2.35. The Bertz CT molecular complexity index is 3400. The molecule has 0 aliphatic heterocycles. The third-order valence-electron chi connectivity index (χ3n) is 9.91. The maximum absolute atomic E-state index is 13.7. The number of para-hydroxylation sites is 2. The molecule has 10 rings (SSSR count). The average Bonchev–Trinajstić information content (AvgIpc) is 4.00. The van der Waals surface area contributed by atoms with Gasteiger partial charge >= 0.3 is 12.4 Å². The molecule has 0 aliphatic rings. The van der Waals surface area contributed by atoms with Crippen LogP contribution in [0.5, 0.6) is 0 Å². The first-order valence-corrected chi connectivity index (χ1v) is 21.3. The van der Waals surface area contributed by atoms with Crippen molar-refractivity contribution < 1.29 is 26.3 Å². The molecular formula is C44H31BrCl2F6N14. The van der Waals surface area contributed by atoms with E-state index in [9.17, 15) is 26.3 Å². The van der Waals surface area contributed by atoms with E-state index in [4.69, 9.17) is 28.9 Å². The number of anilines is 1. The highest BCUT2D eigenvalue weighted by molar-refractivity contribution is 9.10. The van der Waals surface area contributed by atoms with Crippen LogP contribution in [-0.2, 0) is 12.4 Å². The molecule has 14 nitrogen and oxygen atoms in total. The molecule has 0 spiro atoms. The minimum Gasteiger partial charge on any atom is -0.360 e. The highest BCUT2D eigenvalue weighted by atomic mass is 79.9. The number of H-pyrrole nitrogens is 2. The second-order valence-electron chi connectivity index (χ2n) is 14.5. The quantitative estimate of drug-likeness (QED) is 0.0909. The Balaban J connectivity index is 0.000000155. The Morgan fingerprint density at radius 1 is 0.582 bits per heavy atom. The number of nitrogens with two attached hydrogens (primary N) is 1. The number of aromatic amines is 2. The van der Waals surface area contributed by atoms with Crippen molar-refractivity contribution >= 4 is 89.3 Å². The van der Waals surface area contributed by atoms with Crippen molar-refractivity contribution in [1.82, 2.24) is 59.8 Å². The second kappa shape index (κ2) is 19.1. The zero-order valence-electron chi connectivity index (χ0n) is 34.5. The first-order valence-electron chi connectivity index (χ1n) is 19.7. The molecule has 0 aliphatic carbocycles. The molecule has 67 heavy (non-hydrogen) atoms. The minimum absolute atomic E-state index is 0.124. The van der Waals surface area contributed by atoms with E-state index < -0.39 is 35.6 Å². The summed E-state index contributed by atoms with van der Waals surface area (Å²) in [5.74, 6) is 0.473. The van der Waals surface area contributed by atoms with Gasteiger partial charge in [-0.25, -0.2) is 49.8 Å². The average molecular weight is 1020 g/mol. The highest BCUT2D eigenvalue weighted by Crippen LogP contribution is 2.39. The SMILES string of the molecule is Brc1ncnc2nc[nH]c12.CC(N)c1nc2cccc(C(F)(F)F)c2nc1-c1ccccc1Cl.CC(Nc1ncnc2nc[nH]c12)c1nc2cccc(C(F)(F)F)c2nc1-c1ccccc1Cl. The fraction of sp³-hybridized carbons (Fsp3) is 0.136. The van der Waals surface area contributed by atoms with Crippen LogP contribution in [0.4, 0.5) is 32.2 Å². The molecule has 6 heterocycles. The van der Waals surface area contributed by atoms with E-state index in [1.54, 1.807) is 61.8 Å². The van der Waals surface area contributed by atoms with Gasteiger partial charge in [0.15, 0.2) is 17.1 Å². The lowest BCUT2D eigenvalue weighted by Crippen LogP contribution is -2.14. The number of hydrogen-bond acceptors (Lipinski definition) is 12. The normalized spacial score (nSPS) is 12.7. The summed E-state index contributed by atoms with van der Waals surface area (Å²) in [6.45, 7) is 3.51. The van der Waals surface area contributed by atoms with Crippen LogP contribution in [0, 0.1) is 0 Å². The van der Waals surface area contributed by atoms with Gasteiger partial charge in [-0.05, 0) is 66.2 Å². The fourth-order valence-corrected chi connectivity index (χ4v) is 7.68. The van der Waals surface area contributed by atoms with Crippen LogP contribution in [0.3, 0.4) is 0 Å². The minimum atomic E-state index is -4.58. The van der Waals surface area contributed by atoms with Gasteiger partial charge in [-0.15, -0.1) is 0 Å².